The van der Waals surface area contributed by atoms with Gasteiger partial charge < -0.3 is 0 Å². The third kappa shape index (κ3) is 1.54. The standard InChI is InChI=1S/C15H16/c1-2-6-12(7-3-1)15-11-10-13-8-4-5-9-14(13)15/h4-5,8-11H,1-3,6-7H2. The van der Waals surface area contributed by atoms with Gasteiger partial charge in [0.1, 0.15) is 0 Å². The summed E-state index contributed by atoms with van der Waals surface area (Å²) in [5, 5.41) is 0. The van der Waals surface area contributed by atoms with E-state index in [1.54, 1.807) is 5.57 Å². The van der Waals surface area contributed by atoms with Gasteiger partial charge in [0.15, 0.2) is 0 Å². The highest BCUT2D eigenvalue weighted by atomic mass is 14.2. The Balaban J connectivity index is 2.05. The van der Waals surface area contributed by atoms with Gasteiger partial charge in [0.2, 0.25) is 0 Å². The Labute approximate surface area is 91.3 Å². The Hall–Kier alpha value is -1.30. The Kier molecular flexibility index (Phi) is 2.21. The van der Waals surface area contributed by atoms with Gasteiger partial charge in [-0.2, -0.15) is 0 Å². The molecule has 0 amide bonds. The number of benzene rings is 1. The van der Waals surface area contributed by atoms with Crippen LogP contribution in [0.2, 0.25) is 0 Å². The highest BCUT2D eigenvalue weighted by molar-refractivity contribution is 5.91. The SMILES string of the molecule is C1=Cc2ccccc2C1=C1CCCCC1. The highest BCUT2D eigenvalue weighted by Crippen LogP contribution is 2.36. The van der Waals surface area contributed by atoms with Gasteiger partial charge in [0.05, 0.1) is 0 Å². The van der Waals surface area contributed by atoms with Crippen LogP contribution >= 0.6 is 0 Å². The van der Waals surface area contributed by atoms with Crippen LogP contribution in [-0.2, 0) is 0 Å². The lowest BCUT2D eigenvalue weighted by atomic mass is 9.89. The average molecular weight is 196 g/mol. The first kappa shape index (κ1) is 8.96. The molecule has 0 aromatic heterocycles. The average Bonchev–Trinajstić information content (AvgIpc) is 2.74. The molecule has 15 heavy (non-hydrogen) atoms. The van der Waals surface area contributed by atoms with Gasteiger partial charge in [-0.05, 0) is 42.4 Å². The van der Waals surface area contributed by atoms with E-state index in [4.69, 9.17) is 0 Å². The monoisotopic (exact) mass is 196 g/mol. The minimum absolute atomic E-state index is 1.31. The van der Waals surface area contributed by atoms with Crippen LogP contribution in [0.1, 0.15) is 43.2 Å². The van der Waals surface area contributed by atoms with Crippen molar-refractivity contribution in [3.63, 3.8) is 0 Å². The van der Waals surface area contributed by atoms with Crippen LogP contribution in [-0.4, -0.2) is 0 Å². The lowest BCUT2D eigenvalue weighted by Gasteiger charge is -2.16. The summed E-state index contributed by atoms with van der Waals surface area (Å²) in [6.07, 6.45) is 11.4. The Morgan fingerprint density at radius 1 is 0.800 bits per heavy atom. The topological polar surface area (TPSA) is 0 Å². The van der Waals surface area contributed by atoms with Gasteiger partial charge in [0, 0.05) is 0 Å². The van der Waals surface area contributed by atoms with Gasteiger partial charge in [-0.15, -0.1) is 0 Å². The summed E-state index contributed by atoms with van der Waals surface area (Å²) in [6, 6.07) is 8.74. The van der Waals surface area contributed by atoms with E-state index >= 15 is 0 Å². The zero-order valence-corrected chi connectivity index (χ0v) is 9.00. The molecule has 0 unspecified atom stereocenters. The molecule has 0 spiro atoms. The van der Waals surface area contributed by atoms with Gasteiger partial charge in [-0.25, -0.2) is 0 Å². The maximum Gasteiger partial charge on any atom is -0.0112 e. The van der Waals surface area contributed by atoms with E-state index in [1.165, 1.54) is 48.8 Å². The molecule has 0 heterocycles. The Morgan fingerprint density at radius 2 is 1.60 bits per heavy atom. The fourth-order valence-electron chi connectivity index (χ4n) is 2.71. The molecule has 1 aromatic carbocycles. The molecule has 0 nitrogen and oxygen atoms in total. The van der Waals surface area contributed by atoms with Crippen molar-refractivity contribution in [2.45, 2.75) is 32.1 Å². The van der Waals surface area contributed by atoms with Crippen LogP contribution < -0.4 is 0 Å². The van der Waals surface area contributed by atoms with Crippen molar-refractivity contribution >= 4 is 11.6 Å². The second kappa shape index (κ2) is 3.69. The first-order valence-corrected chi connectivity index (χ1v) is 5.95. The van der Waals surface area contributed by atoms with Crippen LogP contribution in [0.15, 0.2) is 35.9 Å². The summed E-state index contributed by atoms with van der Waals surface area (Å²) in [5.74, 6) is 0. The van der Waals surface area contributed by atoms with Gasteiger partial charge >= 0.3 is 0 Å². The van der Waals surface area contributed by atoms with Crippen molar-refractivity contribution in [1.82, 2.24) is 0 Å². The second-order valence-corrected chi connectivity index (χ2v) is 4.50. The minimum Gasteiger partial charge on any atom is -0.0623 e. The number of hydrogen-bond acceptors (Lipinski definition) is 0. The molecule has 76 valence electrons. The van der Waals surface area contributed by atoms with Crippen molar-refractivity contribution < 1.29 is 0 Å². The molecule has 1 saturated carbocycles. The normalized spacial score (nSPS) is 19.5. The molecule has 1 fully saturated rings. The van der Waals surface area contributed by atoms with Crippen molar-refractivity contribution in [2.75, 3.05) is 0 Å². The van der Waals surface area contributed by atoms with Crippen molar-refractivity contribution in [3.8, 4) is 0 Å². The highest BCUT2D eigenvalue weighted by Gasteiger charge is 2.15. The lowest BCUT2D eigenvalue weighted by Crippen LogP contribution is -1.96. The fraction of sp³-hybridized carbons (Fsp3) is 0.333. The summed E-state index contributed by atoms with van der Waals surface area (Å²) in [4.78, 5) is 0. The van der Waals surface area contributed by atoms with Gasteiger partial charge in [-0.1, -0.05) is 48.4 Å². The lowest BCUT2D eigenvalue weighted by molar-refractivity contribution is 0.601. The van der Waals surface area contributed by atoms with E-state index in [0.29, 0.717) is 0 Å². The number of allylic oxidation sites excluding steroid dienone is 3. The molecule has 0 N–H and O–H groups in total. The number of rotatable bonds is 0. The number of hydrogen-bond donors (Lipinski definition) is 0. The summed E-state index contributed by atoms with van der Waals surface area (Å²) in [5.41, 5.74) is 6.05. The fourth-order valence-corrected chi connectivity index (χ4v) is 2.71. The van der Waals surface area contributed by atoms with E-state index in [9.17, 15) is 0 Å². The summed E-state index contributed by atoms with van der Waals surface area (Å²) in [6.45, 7) is 0. The van der Waals surface area contributed by atoms with Gasteiger partial charge in [0.25, 0.3) is 0 Å². The van der Waals surface area contributed by atoms with Crippen molar-refractivity contribution in [2.24, 2.45) is 0 Å². The molecule has 2 aliphatic rings. The zero-order valence-electron chi connectivity index (χ0n) is 9.00. The smallest absolute Gasteiger partial charge is 0.0112 e. The predicted molar refractivity (Wildman–Crippen MR) is 65.5 cm³/mol. The van der Waals surface area contributed by atoms with E-state index in [1.807, 2.05) is 0 Å². The third-order valence-corrected chi connectivity index (χ3v) is 3.52. The van der Waals surface area contributed by atoms with E-state index in [0.717, 1.165) is 0 Å². The third-order valence-electron chi connectivity index (χ3n) is 3.52. The Bertz CT molecular complexity index is 427. The van der Waals surface area contributed by atoms with Crippen LogP contribution in [0, 0.1) is 0 Å². The molecular weight excluding hydrogens is 180 g/mol. The van der Waals surface area contributed by atoms with E-state index in [-0.39, 0.29) is 0 Å². The molecule has 1 aromatic rings. The van der Waals surface area contributed by atoms with E-state index < -0.39 is 0 Å². The Morgan fingerprint density at radius 3 is 2.47 bits per heavy atom. The molecule has 0 aliphatic heterocycles. The second-order valence-electron chi connectivity index (χ2n) is 4.50. The van der Waals surface area contributed by atoms with Crippen LogP contribution in [0.3, 0.4) is 0 Å². The first-order valence-electron chi connectivity index (χ1n) is 5.95. The molecule has 3 rings (SSSR count). The zero-order chi connectivity index (χ0) is 10.1. The van der Waals surface area contributed by atoms with Crippen LogP contribution in [0.5, 0.6) is 0 Å². The maximum atomic E-state index is 2.31. The largest absolute Gasteiger partial charge is 0.0623 e. The van der Waals surface area contributed by atoms with Gasteiger partial charge in [-0.3, -0.25) is 0 Å². The predicted octanol–water partition coefficient (Wildman–Crippen LogP) is 4.43. The molecule has 2 aliphatic carbocycles. The summed E-state index contributed by atoms with van der Waals surface area (Å²) >= 11 is 0. The minimum atomic E-state index is 1.31. The molecule has 0 bridgehead atoms. The molecule has 0 saturated heterocycles. The molecule has 0 heteroatoms. The van der Waals surface area contributed by atoms with Crippen LogP contribution in [0.25, 0.3) is 11.6 Å². The van der Waals surface area contributed by atoms with Crippen molar-refractivity contribution in [1.29, 1.82) is 0 Å². The molecular formula is C15H16. The maximum absolute atomic E-state index is 2.31. The molecule has 0 atom stereocenters. The number of fused-ring (bicyclic) bond motifs is 1. The van der Waals surface area contributed by atoms with E-state index in [2.05, 4.69) is 36.4 Å². The summed E-state index contributed by atoms with van der Waals surface area (Å²) in [7, 11) is 0. The molecule has 0 radical (unpaired) electrons. The first-order chi connectivity index (χ1) is 7.45. The van der Waals surface area contributed by atoms with Crippen molar-refractivity contribution in [3.05, 3.63) is 47.0 Å². The summed E-state index contributed by atoms with van der Waals surface area (Å²) < 4.78 is 0. The van der Waals surface area contributed by atoms with Crippen LogP contribution in [0.4, 0.5) is 0 Å². The quantitative estimate of drug-likeness (QED) is 0.575.